The highest BCUT2D eigenvalue weighted by atomic mass is 16.1. The van der Waals surface area contributed by atoms with Crippen LogP contribution in [-0.4, -0.2) is 5.78 Å². The normalized spacial score (nSPS) is 11.0. The molecule has 0 unspecified atom stereocenters. The quantitative estimate of drug-likeness (QED) is 0.469. The summed E-state index contributed by atoms with van der Waals surface area (Å²) in [6.07, 6.45) is 0.855. The van der Waals surface area contributed by atoms with E-state index in [4.69, 9.17) is 0 Å². The number of hydrogen-bond donors (Lipinski definition) is 0. The molecule has 0 saturated carbocycles. The van der Waals surface area contributed by atoms with Gasteiger partial charge in [0.2, 0.25) is 0 Å². The molecule has 3 aromatic rings. The molecule has 3 aromatic carbocycles. The molecule has 3 rings (SSSR count). The Morgan fingerprint density at radius 1 is 0.571 bits per heavy atom. The van der Waals surface area contributed by atoms with E-state index < -0.39 is 0 Å². The molecule has 28 heavy (non-hydrogen) atoms. The molecule has 0 heterocycles. The van der Waals surface area contributed by atoms with Gasteiger partial charge in [-0.3, -0.25) is 4.79 Å². The average molecular weight is 371 g/mol. The second kappa shape index (κ2) is 7.75. The molecule has 1 nitrogen and oxygen atoms in total. The van der Waals surface area contributed by atoms with Gasteiger partial charge < -0.3 is 0 Å². The fourth-order valence-corrected chi connectivity index (χ4v) is 3.71. The van der Waals surface area contributed by atoms with E-state index in [0.29, 0.717) is 0 Å². The van der Waals surface area contributed by atoms with Crippen LogP contribution in [0.4, 0.5) is 0 Å². The van der Waals surface area contributed by atoms with E-state index in [0.717, 1.165) is 23.1 Å². The topological polar surface area (TPSA) is 17.1 Å². The van der Waals surface area contributed by atoms with Crippen molar-refractivity contribution in [3.05, 3.63) is 104 Å². The third kappa shape index (κ3) is 3.94. The fraction of sp³-hybridized carbons (Fsp3) is 0.296. The monoisotopic (exact) mass is 370 g/mol. The Labute approximate surface area is 169 Å². The van der Waals surface area contributed by atoms with E-state index in [1.54, 1.807) is 0 Å². The molecule has 0 atom stereocenters. The lowest BCUT2D eigenvalue weighted by molar-refractivity contribution is 0.103. The minimum absolute atomic E-state index is 0.101. The maximum Gasteiger partial charge on any atom is 0.193 e. The largest absolute Gasteiger partial charge is 0.289 e. The molecule has 0 bridgehead atoms. The molecule has 0 saturated heterocycles. The third-order valence-corrected chi connectivity index (χ3v) is 6.14. The molecule has 0 aromatic heterocycles. The Bertz CT molecular complexity index is 1070. The lowest BCUT2D eigenvalue weighted by Gasteiger charge is -2.15. The Kier molecular flexibility index (Phi) is 5.56. The summed E-state index contributed by atoms with van der Waals surface area (Å²) < 4.78 is 0. The van der Waals surface area contributed by atoms with Crippen LogP contribution in [0.3, 0.4) is 0 Å². The van der Waals surface area contributed by atoms with E-state index in [9.17, 15) is 4.79 Å². The van der Waals surface area contributed by atoms with Crippen molar-refractivity contribution in [2.75, 3.05) is 0 Å². The Hall–Kier alpha value is -2.67. The summed E-state index contributed by atoms with van der Waals surface area (Å²) in [5.41, 5.74) is 12.9. The van der Waals surface area contributed by atoms with Crippen LogP contribution in [0.25, 0.3) is 0 Å². The van der Waals surface area contributed by atoms with Gasteiger partial charge >= 0.3 is 0 Å². The van der Waals surface area contributed by atoms with Crippen LogP contribution in [0.15, 0.2) is 42.5 Å². The third-order valence-electron chi connectivity index (χ3n) is 6.14. The van der Waals surface area contributed by atoms with Crippen molar-refractivity contribution in [1.29, 1.82) is 0 Å². The van der Waals surface area contributed by atoms with E-state index in [2.05, 4.69) is 66.7 Å². The highest BCUT2D eigenvalue weighted by Gasteiger charge is 2.14. The van der Waals surface area contributed by atoms with E-state index >= 15 is 0 Å². The molecule has 0 fully saturated rings. The molecule has 1 heteroatoms. The number of aryl methyl sites for hydroxylation is 6. The van der Waals surface area contributed by atoms with Crippen LogP contribution < -0.4 is 0 Å². The maximum atomic E-state index is 13.1. The highest BCUT2D eigenvalue weighted by molar-refractivity contribution is 6.09. The van der Waals surface area contributed by atoms with Crippen molar-refractivity contribution >= 4 is 5.78 Å². The van der Waals surface area contributed by atoms with E-state index in [-0.39, 0.29) is 5.78 Å². The summed E-state index contributed by atoms with van der Waals surface area (Å²) >= 11 is 0. The summed E-state index contributed by atoms with van der Waals surface area (Å²) in [6, 6.07) is 14.6. The molecule has 0 amide bonds. The first-order chi connectivity index (χ1) is 13.2. The van der Waals surface area contributed by atoms with Gasteiger partial charge in [-0.25, -0.2) is 0 Å². The molecule has 0 N–H and O–H groups in total. The molecule has 0 aliphatic heterocycles. The van der Waals surface area contributed by atoms with Crippen molar-refractivity contribution in [2.45, 2.75) is 54.9 Å². The number of rotatable bonds is 4. The van der Waals surface area contributed by atoms with E-state index in [1.807, 2.05) is 24.3 Å². The number of benzene rings is 3. The van der Waals surface area contributed by atoms with Crippen molar-refractivity contribution in [2.24, 2.45) is 0 Å². The number of ketones is 1. The molecule has 0 aliphatic rings. The second-order valence-corrected chi connectivity index (χ2v) is 8.25. The molecule has 0 radical (unpaired) electrons. The number of carbonyl (C=O) groups excluding carboxylic acids is 1. The highest BCUT2D eigenvalue weighted by Crippen LogP contribution is 2.25. The predicted molar refractivity (Wildman–Crippen MR) is 119 cm³/mol. The minimum Gasteiger partial charge on any atom is -0.289 e. The molecule has 0 aliphatic carbocycles. The van der Waals surface area contributed by atoms with Gasteiger partial charge in [0.25, 0.3) is 0 Å². The molecule has 144 valence electrons. The minimum atomic E-state index is 0.101. The Morgan fingerprint density at radius 2 is 1.18 bits per heavy atom. The first-order valence-electron chi connectivity index (χ1n) is 9.96. The Balaban J connectivity index is 2.02. The maximum absolute atomic E-state index is 13.1. The summed E-state index contributed by atoms with van der Waals surface area (Å²) in [7, 11) is 0. The van der Waals surface area contributed by atoms with Gasteiger partial charge in [-0.2, -0.15) is 0 Å². The first-order valence-corrected chi connectivity index (χ1v) is 9.96. The van der Waals surface area contributed by atoms with Gasteiger partial charge in [0, 0.05) is 11.1 Å². The van der Waals surface area contributed by atoms with Gasteiger partial charge in [-0.15, -0.1) is 0 Å². The predicted octanol–water partition coefficient (Wildman–Crippen LogP) is 6.67. The summed E-state index contributed by atoms with van der Waals surface area (Å²) in [5.74, 6) is 0.101. The van der Waals surface area contributed by atoms with Crippen LogP contribution in [0.2, 0.25) is 0 Å². The standard InChI is InChI=1S/C27H30O/c1-16-8-9-23(11-18(16)3)27(28)26-13-20(5)22(7)25(15-26)14-24-12-19(4)17(2)10-21(24)6/h8-13,15H,14H2,1-7H3. The second-order valence-electron chi connectivity index (χ2n) is 8.25. The van der Waals surface area contributed by atoms with Gasteiger partial charge in [0.15, 0.2) is 5.78 Å². The first kappa shape index (κ1) is 20.1. The lowest BCUT2D eigenvalue weighted by atomic mass is 9.89. The smallest absolute Gasteiger partial charge is 0.193 e. The molecule has 0 spiro atoms. The molecular weight excluding hydrogens is 340 g/mol. The van der Waals surface area contributed by atoms with Crippen LogP contribution in [0.5, 0.6) is 0 Å². The van der Waals surface area contributed by atoms with Gasteiger partial charge in [0.1, 0.15) is 0 Å². The van der Waals surface area contributed by atoms with Crippen molar-refractivity contribution in [1.82, 2.24) is 0 Å². The van der Waals surface area contributed by atoms with Gasteiger partial charge in [-0.1, -0.05) is 24.3 Å². The summed E-state index contributed by atoms with van der Waals surface area (Å²) in [4.78, 5) is 13.1. The van der Waals surface area contributed by atoms with Crippen LogP contribution in [0.1, 0.15) is 66.0 Å². The number of hydrogen-bond acceptors (Lipinski definition) is 1. The van der Waals surface area contributed by atoms with Crippen molar-refractivity contribution in [3.63, 3.8) is 0 Å². The van der Waals surface area contributed by atoms with Crippen LogP contribution >= 0.6 is 0 Å². The van der Waals surface area contributed by atoms with Crippen molar-refractivity contribution in [3.8, 4) is 0 Å². The summed E-state index contributed by atoms with van der Waals surface area (Å²) in [6.45, 7) is 14.9. The van der Waals surface area contributed by atoms with E-state index in [1.165, 1.54) is 44.5 Å². The molecular formula is C27H30O. The zero-order valence-corrected chi connectivity index (χ0v) is 18.2. The van der Waals surface area contributed by atoms with Crippen LogP contribution in [0, 0.1) is 48.5 Å². The fourth-order valence-electron chi connectivity index (χ4n) is 3.71. The Morgan fingerprint density at radius 3 is 1.86 bits per heavy atom. The van der Waals surface area contributed by atoms with Gasteiger partial charge in [0.05, 0.1) is 0 Å². The number of carbonyl (C=O) groups is 1. The zero-order valence-electron chi connectivity index (χ0n) is 18.2. The van der Waals surface area contributed by atoms with Gasteiger partial charge in [-0.05, 0) is 123 Å². The lowest BCUT2D eigenvalue weighted by Crippen LogP contribution is -2.06. The summed E-state index contributed by atoms with van der Waals surface area (Å²) in [5, 5.41) is 0. The van der Waals surface area contributed by atoms with Crippen LogP contribution in [-0.2, 0) is 6.42 Å². The zero-order chi connectivity index (χ0) is 20.6. The average Bonchev–Trinajstić information content (AvgIpc) is 2.64. The SMILES string of the molecule is Cc1ccc(C(=O)c2cc(C)c(C)c(Cc3cc(C)c(C)cc3C)c2)cc1C. The van der Waals surface area contributed by atoms with Crippen molar-refractivity contribution < 1.29 is 4.79 Å².